The molecule has 69 heavy (non-hydrogen) atoms. The van der Waals surface area contributed by atoms with Gasteiger partial charge >= 0.3 is 5.97 Å². The van der Waals surface area contributed by atoms with Crippen LogP contribution in [0, 0.1) is 35.5 Å². The molecule has 392 valence electrons. The van der Waals surface area contributed by atoms with Gasteiger partial charge in [-0.3, -0.25) is 23.7 Å². The van der Waals surface area contributed by atoms with Gasteiger partial charge in [0.25, 0.3) is 11.7 Å². The number of amides is 1. The van der Waals surface area contributed by atoms with Crippen molar-refractivity contribution in [1.29, 1.82) is 0 Å². The summed E-state index contributed by atoms with van der Waals surface area (Å²) in [6, 6.07) is -1.15. The number of esters is 1. The van der Waals surface area contributed by atoms with Crippen LogP contribution in [-0.2, 0) is 56.7 Å². The number of carbonyl (C=O) groups is 5. The van der Waals surface area contributed by atoms with E-state index in [1.54, 1.807) is 54.4 Å². The predicted octanol–water partition coefficient (Wildman–Crippen LogP) is 7.97. The van der Waals surface area contributed by atoms with Crippen LogP contribution in [0.3, 0.4) is 0 Å². The fourth-order valence-electron chi connectivity index (χ4n) is 10.8. The molecule has 0 spiro atoms. The van der Waals surface area contributed by atoms with Crippen LogP contribution in [0.4, 0.5) is 0 Å². The zero-order valence-electron chi connectivity index (χ0n) is 43.7. The molecule has 1 unspecified atom stereocenters. The average Bonchev–Trinajstić information content (AvgIpc) is 3.30. The number of fused-ring (bicyclic) bond motifs is 3. The van der Waals surface area contributed by atoms with Crippen LogP contribution >= 0.6 is 7.37 Å². The third kappa shape index (κ3) is 16.3. The van der Waals surface area contributed by atoms with E-state index in [9.17, 15) is 38.8 Å². The van der Waals surface area contributed by atoms with Crippen LogP contribution in [0.1, 0.15) is 138 Å². The topological polar surface area (TPSA) is 201 Å². The molecule has 1 amide bonds. The largest absolute Gasteiger partial charge is 0.460 e. The number of hydrogen-bond acceptors (Lipinski definition) is 14. The van der Waals surface area contributed by atoms with Gasteiger partial charge < -0.3 is 43.3 Å². The van der Waals surface area contributed by atoms with E-state index in [1.165, 1.54) is 12.0 Å². The van der Waals surface area contributed by atoms with E-state index in [2.05, 4.69) is 13.0 Å². The van der Waals surface area contributed by atoms with Crippen LogP contribution in [0.5, 0.6) is 0 Å². The van der Waals surface area contributed by atoms with Gasteiger partial charge in [-0.15, -0.1) is 0 Å². The van der Waals surface area contributed by atoms with E-state index in [0.717, 1.165) is 24.8 Å². The van der Waals surface area contributed by atoms with Crippen molar-refractivity contribution in [2.45, 2.75) is 193 Å². The van der Waals surface area contributed by atoms with E-state index in [4.69, 9.17) is 28.2 Å². The Morgan fingerprint density at radius 3 is 2.23 bits per heavy atom. The lowest BCUT2D eigenvalue weighted by atomic mass is 9.78. The number of nitrogens with zero attached hydrogens (tertiary/aromatic N) is 1. The molecule has 1 saturated carbocycles. The first-order valence-corrected chi connectivity index (χ1v) is 28.0. The van der Waals surface area contributed by atoms with Crippen molar-refractivity contribution in [3.8, 4) is 0 Å². The maximum atomic E-state index is 14.5. The summed E-state index contributed by atoms with van der Waals surface area (Å²) in [5, 5.41) is 23.5. The Bertz CT molecular complexity index is 1890. The molecule has 0 aromatic rings. The zero-order valence-corrected chi connectivity index (χ0v) is 44.6. The van der Waals surface area contributed by atoms with Crippen molar-refractivity contribution >= 4 is 36.6 Å². The molecule has 4 aliphatic rings. The number of methoxy groups -OCH3 is 3. The second kappa shape index (κ2) is 26.7. The summed E-state index contributed by atoms with van der Waals surface area (Å²) in [6.45, 7) is 16.1. The smallest absolute Gasteiger partial charge is 0.329 e. The SMILES string of the molecule is CO[C@H]1C[C@@H]2CC[C@@H](C)[C@@](O)(O2)C(=O)C(=O)N2CCCC[C@H]2C(=O)O[C@H]([C@H](C)C[C@@H]2CCC(OP(C)(C)=O)[C@H](OC)C2)CC(=O)[C@H](C)/C=C(\C)[C@@H](O)[C@@H](OC)C(=O)[C@H](C)C[C@H](C)CC/C=C/C=C/1C. The van der Waals surface area contributed by atoms with Gasteiger partial charge in [-0.25, -0.2) is 4.79 Å². The Kier molecular flexibility index (Phi) is 22.7. The van der Waals surface area contributed by atoms with Crippen molar-refractivity contribution in [2.75, 3.05) is 41.2 Å². The Morgan fingerprint density at radius 1 is 0.870 bits per heavy atom. The number of Topliss-reactive ketones (excluding diaryl/α,β-unsaturated/α-hetero) is 3. The molecule has 0 radical (unpaired) electrons. The fraction of sp³-hybridized carbons (Fsp3) is 0.792. The van der Waals surface area contributed by atoms with E-state index in [0.29, 0.717) is 63.4 Å². The minimum atomic E-state index is -2.79. The molecule has 2 bridgehead atoms. The summed E-state index contributed by atoms with van der Waals surface area (Å²) < 4.78 is 48.3. The third-order valence-corrected chi connectivity index (χ3v) is 16.0. The second-order valence-corrected chi connectivity index (χ2v) is 24.0. The van der Waals surface area contributed by atoms with Crippen molar-refractivity contribution in [3.63, 3.8) is 0 Å². The Labute approximate surface area is 412 Å². The Morgan fingerprint density at radius 2 is 1.58 bits per heavy atom. The van der Waals surface area contributed by atoms with E-state index in [1.807, 2.05) is 32.9 Å². The number of ether oxygens (including phenoxy) is 5. The molecule has 3 heterocycles. The Balaban J connectivity index is 1.69. The zero-order chi connectivity index (χ0) is 51.4. The van der Waals surface area contributed by atoms with Gasteiger partial charge in [0.15, 0.2) is 13.2 Å². The molecule has 3 aliphatic heterocycles. The first kappa shape index (κ1) is 58.7. The molecule has 4 rings (SSSR count). The minimum Gasteiger partial charge on any atom is -0.460 e. The number of rotatable bonds is 8. The maximum Gasteiger partial charge on any atom is 0.329 e. The molecule has 0 aromatic heterocycles. The third-order valence-electron chi connectivity index (χ3n) is 15.2. The summed E-state index contributed by atoms with van der Waals surface area (Å²) >= 11 is 0. The lowest BCUT2D eigenvalue weighted by molar-refractivity contribution is -0.265. The lowest BCUT2D eigenvalue weighted by Gasteiger charge is -2.42. The normalized spacial score (nSPS) is 38.8. The highest BCUT2D eigenvalue weighted by Gasteiger charge is 2.53. The molecule has 2 N–H and O–H groups in total. The average molecular weight is 992 g/mol. The van der Waals surface area contributed by atoms with Gasteiger partial charge in [0.2, 0.25) is 5.79 Å². The lowest BCUT2D eigenvalue weighted by Crippen LogP contribution is -2.61. The first-order chi connectivity index (χ1) is 32.4. The standard InChI is InChI=1S/C53H86NO14P/c1-32-18-14-13-15-19-33(2)44(63-8)30-40-23-21-38(7)53(61,67-40)50(58)51(59)54-25-17-16-20-41(54)52(60)66-45(35(4)28-39-22-24-43(46(29-39)64-9)68-69(11,12)62)31-42(55)34(3)27-37(6)48(57)49(65-10)47(56)36(5)26-32/h13,15,19,27,32,34-36,38-41,43-46,48-49,57,61H,14,16-18,20-26,28-31H2,1-12H3/b15-13+,33-19+,37-27+/t32-,34-,35-,36-,38-,39+,40+,41+,43?,44+,45+,46-,48-,49+,53-/m1/s1. The van der Waals surface area contributed by atoms with Crippen LogP contribution in [0.2, 0.25) is 0 Å². The van der Waals surface area contributed by atoms with Gasteiger partial charge in [0.05, 0.1) is 24.4 Å². The van der Waals surface area contributed by atoms with E-state index in [-0.39, 0.29) is 60.9 Å². The highest BCUT2D eigenvalue weighted by Crippen LogP contribution is 2.45. The molecule has 15 nitrogen and oxygen atoms in total. The van der Waals surface area contributed by atoms with Crippen molar-refractivity contribution in [2.24, 2.45) is 35.5 Å². The van der Waals surface area contributed by atoms with Crippen molar-refractivity contribution < 1.29 is 67.0 Å². The number of aliphatic hydroxyl groups excluding tert-OH is 1. The van der Waals surface area contributed by atoms with E-state index < -0.39 is 85.1 Å². The van der Waals surface area contributed by atoms with Crippen molar-refractivity contribution in [1.82, 2.24) is 4.90 Å². The highest BCUT2D eigenvalue weighted by atomic mass is 31.2. The minimum absolute atomic E-state index is 0.0822. The molecule has 0 aromatic carbocycles. The first-order valence-electron chi connectivity index (χ1n) is 25.5. The van der Waals surface area contributed by atoms with Crippen LogP contribution in [-0.4, -0.2) is 140 Å². The Hall–Kier alpha value is -2.88. The molecule has 15 atom stereocenters. The van der Waals surface area contributed by atoms with Gasteiger partial charge in [-0.2, -0.15) is 0 Å². The summed E-state index contributed by atoms with van der Waals surface area (Å²) in [5.74, 6) is -7.78. The van der Waals surface area contributed by atoms with Crippen molar-refractivity contribution in [3.05, 3.63) is 35.5 Å². The highest BCUT2D eigenvalue weighted by molar-refractivity contribution is 7.57. The molecular formula is C53H86NO14P. The summed E-state index contributed by atoms with van der Waals surface area (Å²) in [6.07, 6.45) is 9.64. The molecule has 1 aliphatic carbocycles. The fourth-order valence-corrected chi connectivity index (χ4v) is 11.7. The molecular weight excluding hydrogens is 906 g/mol. The van der Waals surface area contributed by atoms with E-state index >= 15 is 0 Å². The number of carbonyl (C=O) groups excluding carboxylic acids is 5. The number of allylic oxidation sites excluding steroid dienone is 4. The molecule has 2 saturated heterocycles. The maximum absolute atomic E-state index is 14.5. The van der Waals surface area contributed by atoms with Gasteiger partial charge in [-0.1, -0.05) is 58.9 Å². The summed E-state index contributed by atoms with van der Waals surface area (Å²) in [4.78, 5) is 72.3. The number of ketones is 3. The van der Waals surface area contributed by atoms with Gasteiger partial charge in [0.1, 0.15) is 30.1 Å². The quantitative estimate of drug-likeness (QED) is 0.103. The number of aliphatic hydroxyl groups is 2. The van der Waals surface area contributed by atoms with Gasteiger partial charge in [-0.05, 0) is 120 Å². The van der Waals surface area contributed by atoms with Crippen LogP contribution < -0.4 is 0 Å². The van der Waals surface area contributed by atoms with Crippen LogP contribution in [0.15, 0.2) is 35.5 Å². The molecule has 16 heteroatoms. The monoisotopic (exact) mass is 992 g/mol. The summed E-state index contributed by atoms with van der Waals surface area (Å²) in [5.41, 5.74) is 1.30. The second-order valence-electron chi connectivity index (χ2n) is 21.3. The number of piperidine rings is 1. The summed E-state index contributed by atoms with van der Waals surface area (Å²) in [7, 11) is 1.79. The molecule has 3 fully saturated rings. The predicted molar refractivity (Wildman–Crippen MR) is 264 cm³/mol. The number of hydrogen-bond donors (Lipinski definition) is 2. The van der Waals surface area contributed by atoms with Crippen LogP contribution in [0.25, 0.3) is 0 Å². The van der Waals surface area contributed by atoms with Gasteiger partial charge in [0, 0.05) is 71.8 Å². The number of cyclic esters (lactones) is 1.